The van der Waals surface area contributed by atoms with Crippen molar-refractivity contribution in [1.82, 2.24) is 5.32 Å². The Bertz CT molecular complexity index is 1320. The lowest BCUT2D eigenvalue weighted by molar-refractivity contribution is -0.384. The van der Waals surface area contributed by atoms with Gasteiger partial charge >= 0.3 is 0 Å². The molecular formula is C22H18N4O6S. The number of amides is 2. The predicted molar refractivity (Wildman–Crippen MR) is 121 cm³/mol. The topological polar surface area (TPSA) is 162 Å². The number of carbonyl (C=O) groups is 2. The first-order valence-corrected chi connectivity index (χ1v) is 10.9. The average molecular weight is 466 g/mol. The largest absolute Gasteiger partial charge is 0.321 e. The summed E-state index contributed by atoms with van der Waals surface area (Å²) in [4.78, 5) is 35.7. The fraction of sp³-hybridized carbons (Fsp3) is 0. The molecule has 0 aromatic heterocycles. The summed E-state index contributed by atoms with van der Waals surface area (Å²) in [7, 11) is -3.89. The molecule has 0 aliphatic carbocycles. The molecule has 10 nitrogen and oxygen atoms in total. The van der Waals surface area contributed by atoms with Crippen LogP contribution in [0.15, 0.2) is 89.5 Å². The van der Waals surface area contributed by atoms with Crippen LogP contribution in [0.5, 0.6) is 0 Å². The van der Waals surface area contributed by atoms with E-state index < -0.39 is 26.8 Å². The number of anilines is 1. The molecule has 3 rings (SSSR count). The highest BCUT2D eigenvalue weighted by atomic mass is 32.2. The van der Waals surface area contributed by atoms with Gasteiger partial charge in [-0.1, -0.05) is 18.2 Å². The molecule has 0 spiro atoms. The normalized spacial score (nSPS) is 11.5. The van der Waals surface area contributed by atoms with E-state index in [1.807, 2.05) is 0 Å². The lowest BCUT2D eigenvalue weighted by Gasteiger charge is -2.12. The number of carbonyl (C=O) groups excluding carboxylic acids is 2. The third-order valence-electron chi connectivity index (χ3n) is 4.38. The van der Waals surface area contributed by atoms with Crippen LogP contribution >= 0.6 is 0 Å². The number of nitrogens with two attached hydrogens (primary N) is 1. The Morgan fingerprint density at radius 2 is 1.52 bits per heavy atom. The summed E-state index contributed by atoms with van der Waals surface area (Å²) >= 11 is 0. The van der Waals surface area contributed by atoms with Crippen molar-refractivity contribution in [1.29, 1.82) is 0 Å². The Morgan fingerprint density at radius 3 is 2.06 bits per heavy atom. The number of nitrogens with zero attached hydrogens (tertiary/aromatic N) is 1. The Morgan fingerprint density at radius 1 is 0.909 bits per heavy atom. The van der Waals surface area contributed by atoms with E-state index in [1.54, 1.807) is 30.3 Å². The number of primary sulfonamides is 1. The van der Waals surface area contributed by atoms with E-state index in [-0.39, 0.29) is 22.0 Å². The molecule has 3 aromatic rings. The SMILES string of the molecule is NS(=O)(=O)c1ccc(NC(=O)C(=Cc2ccc([N+](=O)[O-])cc2)NC(=O)c2ccccc2)cc1. The first-order valence-electron chi connectivity index (χ1n) is 9.40. The maximum Gasteiger partial charge on any atom is 0.272 e. The maximum atomic E-state index is 12.9. The monoisotopic (exact) mass is 466 g/mol. The van der Waals surface area contributed by atoms with Crippen LogP contribution in [0.3, 0.4) is 0 Å². The molecule has 0 bridgehead atoms. The molecule has 0 atom stereocenters. The number of non-ortho nitro benzene ring substituents is 1. The van der Waals surface area contributed by atoms with Gasteiger partial charge in [0.05, 0.1) is 9.82 Å². The molecule has 0 unspecified atom stereocenters. The molecule has 2 amide bonds. The molecule has 0 radical (unpaired) electrons. The third-order valence-corrected chi connectivity index (χ3v) is 5.31. The van der Waals surface area contributed by atoms with Crippen LogP contribution in [-0.4, -0.2) is 25.2 Å². The van der Waals surface area contributed by atoms with Crippen molar-refractivity contribution in [2.24, 2.45) is 5.14 Å². The Hall–Kier alpha value is -4.35. The van der Waals surface area contributed by atoms with Gasteiger partial charge in [-0.2, -0.15) is 0 Å². The summed E-state index contributed by atoms with van der Waals surface area (Å²) in [6, 6.07) is 18.8. The van der Waals surface area contributed by atoms with Crippen molar-refractivity contribution in [3.63, 3.8) is 0 Å². The van der Waals surface area contributed by atoms with Crippen molar-refractivity contribution in [2.75, 3.05) is 5.32 Å². The van der Waals surface area contributed by atoms with Crippen molar-refractivity contribution >= 4 is 39.3 Å². The summed E-state index contributed by atoms with van der Waals surface area (Å²) in [6.45, 7) is 0. The average Bonchev–Trinajstić information content (AvgIpc) is 2.79. The van der Waals surface area contributed by atoms with Crippen LogP contribution in [0, 0.1) is 10.1 Å². The number of hydrogen-bond donors (Lipinski definition) is 3. The molecule has 4 N–H and O–H groups in total. The van der Waals surface area contributed by atoms with Crippen LogP contribution in [-0.2, 0) is 14.8 Å². The zero-order valence-corrected chi connectivity index (χ0v) is 17.8. The standard InChI is InChI=1S/C22H18N4O6S/c23-33(31,32)19-12-8-17(9-13-19)24-22(28)20(25-21(27)16-4-2-1-3-5-16)14-15-6-10-18(11-7-15)26(29)30/h1-14H,(H,24,28)(H,25,27)(H2,23,31,32). The summed E-state index contributed by atoms with van der Waals surface area (Å²) in [5, 5.41) is 21.0. The molecule has 0 saturated carbocycles. The molecule has 168 valence electrons. The van der Waals surface area contributed by atoms with Crippen molar-refractivity contribution in [3.8, 4) is 0 Å². The number of benzene rings is 3. The molecule has 3 aromatic carbocycles. The minimum atomic E-state index is -3.89. The number of hydrogen-bond acceptors (Lipinski definition) is 6. The molecule has 0 heterocycles. The maximum absolute atomic E-state index is 12.9. The number of nitrogens with one attached hydrogen (secondary N) is 2. The second kappa shape index (κ2) is 9.85. The number of nitro benzene ring substituents is 1. The van der Waals surface area contributed by atoms with Gasteiger partial charge in [-0.25, -0.2) is 13.6 Å². The summed E-state index contributed by atoms with van der Waals surface area (Å²) in [5.74, 6) is -1.23. The van der Waals surface area contributed by atoms with Gasteiger partial charge in [0.25, 0.3) is 17.5 Å². The molecule has 0 fully saturated rings. The van der Waals surface area contributed by atoms with E-state index in [4.69, 9.17) is 5.14 Å². The lowest BCUT2D eigenvalue weighted by atomic mass is 10.1. The summed E-state index contributed by atoms with van der Waals surface area (Å²) in [5.41, 5.74) is 0.756. The fourth-order valence-electron chi connectivity index (χ4n) is 2.73. The van der Waals surface area contributed by atoms with Gasteiger partial charge < -0.3 is 10.6 Å². The highest BCUT2D eigenvalue weighted by Crippen LogP contribution is 2.17. The smallest absolute Gasteiger partial charge is 0.272 e. The molecule has 0 saturated heterocycles. The van der Waals surface area contributed by atoms with Gasteiger partial charge in [0.2, 0.25) is 10.0 Å². The summed E-state index contributed by atoms with van der Waals surface area (Å²) < 4.78 is 22.8. The van der Waals surface area contributed by atoms with E-state index >= 15 is 0 Å². The van der Waals surface area contributed by atoms with Gasteiger partial charge in [0.1, 0.15) is 5.70 Å². The number of nitro groups is 1. The molecule has 33 heavy (non-hydrogen) atoms. The zero-order valence-electron chi connectivity index (χ0n) is 17.0. The lowest BCUT2D eigenvalue weighted by Crippen LogP contribution is -2.30. The quantitative estimate of drug-likeness (QED) is 0.275. The van der Waals surface area contributed by atoms with Gasteiger partial charge in [0.15, 0.2) is 0 Å². The Balaban J connectivity index is 1.89. The minimum absolute atomic E-state index is 0.124. The van der Waals surface area contributed by atoms with Crippen molar-refractivity contribution in [2.45, 2.75) is 4.90 Å². The minimum Gasteiger partial charge on any atom is -0.321 e. The first kappa shape index (κ1) is 23.3. The van der Waals surface area contributed by atoms with Crippen molar-refractivity contribution < 1.29 is 22.9 Å². The Kier molecular flexibility index (Phi) is 6.96. The van der Waals surface area contributed by atoms with Gasteiger partial charge in [-0.3, -0.25) is 19.7 Å². The molecule has 0 aliphatic heterocycles. The van der Waals surface area contributed by atoms with Crippen LogP contribution in [0.25, 0.3) is 6.08 Å². The van der Waals surface area contributed by atoms with Gasteiger partial charge in [-0.15, -0.1) is 0 Å². The second-order valence-corrected chi connectivity index (χ2v) is 8.31. The molecule has 0 aliphatic rings. The van der Waals surface area contributed by atoms with Crippen LogP contribution in [0.4, 0.5) is 11.4 Å². The predicted octanol–water partition coefficient (Wildman–Crippen LogP) is 2.65. The van der Waals surface area contributed by atoms with Gasteiger partial charge in [-0.05, 0) is 60.2 Å². The number of rotatable bonds is 7. The Labute approximate surface area is 188 Å². The molecular weight excluding hydrogens is 448 g/mol. The third kappa shape index (κ3) is 6.32. The second-order valence-electron chi connectivity index (χ2n) is 6.75. The van der Waals surface area contributed by atoms with E-state index in [1.165, 1.54) is 54.6 Å². The molecule has 11 heteroatoms. The fourth-order valence-corrected chi connectivity index (χ4v) is 3.24. The highest BCUT2D eigenvalue weighted by Gasteiger charge is 2.16. The van der Waals surface area contributed by atoms with Crippen LogP contribution < -0.4 is 15.8 Å². The first-order chi connectivity index (χ1) is 15.6. The van der Waals surface area contributed by atoms with E-state index in [2.05, 4.69) is 10.6 Å². The van der Waals surface area contributed by atoms with Crippen molar-refractivity contribution in [3.05, 3.63) is 106 Å². The van der Waals surface area contributed by atoms with E-state index in [0.717, 1.165) is 0 Å². The van der Waals surface area contributed by atoms with Crippen LogP contribution in [0.1, 0.15) is 15.9 Å². The van der Waals surface area contributed by atoms with E-state index in [0.29, 0.717) is 11.1 Å². The van der Waals surface area contributed by atoms with Crippen LogP contribution in [0.2, 0.25) is 0 Å². The number of sulfonamides is 1. The summed E-state index contributed by atoms with van der Waals surface area (Å²) in [6.07, 6.45) is 1.36. The zero-order chi connectivity index (χ0) is 24.0. The highest BCUT2D eigenvalue weighted by molar-refractivity contribution is 7.89. The van der Waals surface area contributed by atoms with Gasteiger partial charge in [0, 0.05) is 23.4 Å². The van der Waals surface area contributed by atoms with E-state index in [9.17, 15) is 28.1 Å².